The number of nitriles is 1. The highest BCUT2D eigenvalue weighted by atomic mass is 16.4. The van der Waals surface area contributed by atoms with Crippen molar-refractivity contribution in [3.63, 3.8) is 0 Å². The summed E-state index contributed by atoms with van der Waals surface area (Å²) in [5, 5.41) is 20.2. The van der Waals surface area contributed by atoms with Crippen LogP contribution in [0, 0.1) is 11.3 Å². The number of nitrogens with one attached hydrogen (secondary N) is 1. The van der Waals surface area contributed by atoms with Crippen molar-refractivity contribution in [3.8, 4) is 6.07 Å². The number of rotatable bonds is 3. The van der Waals surface area contributed by atoms with Crippen LogP contribution in [0.1, 0.15) is 26.4 Å². The van der Waals surface area contributed by atoms with Crippen LogP contribution in [0.5, 0.6) is 0 Å². The van der Waals surface area contributed by atoms with Crippen LogP contribution < -0.4 is 11.1 Å². The van der Waals surface area contributed by atoms with Crippen molar-refractivity contribution in [1.29, 1.82) is 5.26 Å². The van der Waals surface area contributed by atoms with Gasteiger partial charge in [0, 0.05) is 11.9 Å². The first-order valence-corrected chi connectivity index (χ1v) is 5.81. The number of nitrogen functional groups attached to an aromatic ring is 1. The molecule has 1 heterocycles. The third-order valence-electron chi connectivity index (χ3n) is 2.65. The lowest BCUT2D eigenvalue weighted by Gasteiger charge is -2.08. The third-order valence-corrected chi connectivity index (χ3v) is 2.65. The van der Waals surface area contributed by atoms with E-state index in [2.05, 4.69) is 10.3 Å². The van der Waals surface area contributed by atoms with Crippen LogP contribution >= 0.6 is 0 Å². The molecule has 0 aliphatic carbocycles. The van der Waals surface area contributed by atoms with Crippen molar-refractivity contribution in [2.75, 3.05) is 11.1 Å². The van der Waals surface area contributed by atoms with E-state index in [4.69, 9.17) is 16.1 Å². The first-order chi connectivity index (χ1) is 10.0. The maximum Gasteiger partial charge on any atom is 0.337 e. The first kappa shape index (κ1) is 14.0. The summed E-state index contributed by atoms with van der Waals surface area (Å²) in [6, 6.07) is 8.85. The number of amides is 1. The van der Waals surface area contributed by atoms with Gasteiger partial charge in [0.25, 0.3) is 5.91 Å². The molecule has 0 atom stereocenters. The quantitative estimate of drug-likeness (QED) is 0.731. The number of benzene rings is 1. The Morgan fingerprint density at radius 3 is 2.62 bits per heavy atom. The number of carbonyl (C=O) groups excluding carboxylic acids is 1. The second-order valence-corrected chi connectivity index (χ2v) is 4.11. The lowest BCUT2D eigenvalue weighted by Crippen LogP contribution is -2.16. The van der Waals surface area contributed by atoms with E-state index in [0.29, 0.717) is 5.56 Å². The van der Waals surface area contributed by atoms with Gasteiger partial charge >= 0.3 is 5.97 Å². The molecule has 1 aromatic heterocycles. The fourth-order valence-corrected chi connectivity index (χ4v) is 1.63. The number of nitrogens with zero attached hydrogens (tertiary/aromatic N) is 2. The molecule has 1 aromatic carbocycles. The predicted octanol–water partition coefficient (Wildman–Crippen LogP) is 1.49. The number of hydrogen-bond acceptors (Lipinski definition) is 5. The molecular weight excluding hydrogens is 272 g/mol. The Balaban J connectivity index is 2.27. The Bertz CT molecular complexity index is 748. The van der Waals surface area contributed by atoms with Gasteiger partial charge in [-0.1, -0.05) is 0 Å². The number of hydrogen-bond donors (Lipinski definition) is 3. The molecule has 0 saturated heterocycles. The minimum absolute atomic E-state index is 0.0714. The maximum absolute atomic E-state index is 12.0. The average molecular weight is 282 g/mol. The van der Waals surface area contributed by atoms with Crippen molar-refractivity contribution in [2.45, 2.75) is 0 Å². The number of pyridine rings is 1. The molecule has 0 aliphatic heterocycles. The van der Waals surface area contributed by atoms with Gasteiger partial charge < -0.3 is 16.2 Å². The van der Waals surface area contributed by atoms with E-state index < -0.39 is 11.9 Å². The highest BCUT2D eigenvalue weighted by Crippen LogP contribution is 2.19. The normalized spacial score (nSPS) is 9.67. The number of anilines is 2. The van der Waals surface area contributed by atoms with E-state index in [1.807, 2.05) is 6.07 Å². The van der Waals surface area contributed by atoms with Gasteiger partial charge in [-0.3, -0.25) is 4.79 Å². The molecule has 104 valence electrons. The van der Waals surface area contributed by atoms with Gasteiger partial charge in [0.05, 0.1) is 16.8 Å². The molecule has 1 amide bonds. The number of carboxylic acids is 1. The topological polar surface area (TPSA) is 129 Å². The number of carbonyl (C=O) groups is 2. The van der Waals surface area contributed by atoms with Crippen LogP contribution in [-0.2, 0) is 0 Å². The standard InChI is InChI=1S/C14H10N4O3/c15-6-8-1-3-12(17-7-8)13(19)18-11-4-2-9(16)5-10(11)14(20)21/h1-5,7H,16H2,(H,18,19)(H,20,21). The van der Waals surface area contributed by atoms with Gasteiger partial charge in [-0.05, 0) is 30.3 Å². The van der Waals surface area contributed by atoms with E-state index in [-0.39, 0.29) is 22.6 Å². The summed E-state index contributed by atoms with van der Waals surface area (Å²) in [6.07, 6.45) is 1.26. The van der Waals surface area contributed by atoms with Crippen molar-refractivity contribution in [2.24, 2.45) is 0 Å². The third kappa shape index (κ3) is 3.13. The first-order valence-electron chi connectivity index (χ1n) is 5.81. The minimum Gasteiger partial charge on any atom is -0.478 e. The van der Waals surface area contributed by atoms with E-state index >= 15 is 0 Å². The highest BCUT2D eigenvalue weighted by Gasteiger charge is 2.14. The molecule has 2 rings (SSSR count). The number of aromatic carboxylic acids is 1. The molecule has 21 heavy (non-hydrogen) atoms. The van der Waals surface area contributed by atoms with Crippen LogP contribution in [0.15, 0.2) is 36.5 Å². The summed E-state index contributed by atoms with van der Waals surface area (Å²) in [6.45, 7) is 0. The molecule has 0 aliphatic rings. The molecule has 0 saturated carbocycles. The lowest BCUT2D eigenvalue weighted by molar-refractivity contribution is 0.0698. The van der Waals surface area contributed by atoms with E-state index in [1.54, 1.807) is 0 Å². The van der Waals surface area contributed by atoms with Gasteiger partial charge in [-0.2, -0.15) is 5.26 Å². The Hall–Kier alpha value is -3.40. The van der Waals surface area contributed by atoms with Crippen molar-refractivity contribution < 1.29 is 14.7 Å². The van der Waals surface area contributed by atoms with E-state index in [1.165, 1.54) is 36.5 Å². The largest absolute Gasteiger partial charge is 0.478 e. The van der Waals surface area contributed by atoms with Crippen molar-refractivity contribution in [3.05, 3.63) is 53.3 Å². The summed E-state index contributed by atoms with van der Waals surface area (Å²) < 4.78 is 0. The minimum atomic E-state index is -1.20. The molecular formula is C14H10N4O3. The number of aromatic nitrogens is 1. The summed E-state index contributed by atoms with van der Waals surface area (Å²) >= 11 is 0. The van der Waals surface area contributed by atoms with Crippen LogP contribution in [0.25, 0.3) is 0 Å². The Labute approximate surface area is 119 Å². The van der Waals surface area contributed by atoms with Gasteiger partial charge in [-0.25, -0.2) is 9.78 Å². The van der Waals surface area contributed by atoms with Crippen LogP contribution in [0.3, 0.4) is 0 Å². The van der Waals surface area contributed by atoms with E-state index in [9.17, 15) is 9.59 Å². The average Bonchev–Trinajstić information content (AvgIpc) is 2.49. The summed E-state index contributed by atoms with van der Waals surface area (Å²) in [4.78, 5) is 26.9. The van der Waals surface area contributed by atoms with Gasteiger partial charge in [0.2, 0.25) is 0 Å². The second kappa shape index (κ2) is 5.71. The van der Waals surface area contributed by atoms with Crippen molar-refractivity contribution >= 4 is 23.3 Å². The maximum atomic E-state index is 12.0. The number of nitrogens with two attached hydrogens (primary N) is 1. The molecule has 0 spiro atoms. The smallest absolute Gasteiger partial charge is 0.337 e. The zero-order chi connectivity index (χ0) is 15.4. The molecule has 0 unspecified atom stereocenters. The van der Waals surface area contributed by atoms with E-state index in [0.717, 1.165) is 0 Å². The summed E-state index contributed by atoms with van der Waals surface area (Å²) in [5.74, 6) is -1.78. The van der Waals surface area contributed by atoms with Gasteiger partial charge in [0.15, 0.2) is 0 Å². The van der Waals surface area contributed by atoms with Crippen LogP contribution in [0.2, 0.25) is 0 Å². The SMILES string of the molecule is N#Cc1ccc(C(=O)Nc2ccc(N)cc2C(=O)O)nc1. The molecule has 7 heteroatoms. The zero-order valence-electron chi connectivity index (χ0n) is 10.7. The van der Waals surface area contributed by atoms with Gasteiger partial charge in [0.1, 0.15) is 11.8 Å². The monoisotopic (exact) mass is 282 g/mol. The summed E-state index contributed by atoms with van der Waals surface area (Å²) in [5.41, 5.74) is 6.20. The fourth-order valence-electron chi connectivity index (χ4n) is 1.63. The van der Waals surface area contributed by atoms with Gasteiger partial charge in [-0.15, -0.1) is 0 Å². The van der Waals surface area contributed by atoms with Crippen LogP contribution in [-0.4, -0.2) is 22.0 Å². The summed E-state index contributed by atoms with van der Waals surface area (Å²) in [7, 11) is 0. The zero-order valence-corrected chi connectivity index (χ0v) is 10.7. The molecule has 7 nitrogen and oxygen atoms in total. The number of carboxylic acid groups (broad SMARTS) is 1. The lowest BCUT2D eigenvalue weighted by atomic mass is 10.1. The molecule has 2 aromatic rings. The van der Waals surface area contributed by atoms with Crippen molar-refractivity contribution in [1.82, 2.24) is 4.98 Å². The molecule has 4 N–H and O–H groups in total. The highest BCUT2D eigenvalue weighted by molar-refractivity contribution is 6.07. The predicted molar refractivity (Wildman–Crippen MR) is 74.7 cm³/mol. The second-order valence-electron chi connectivity index (χ2n) is 4.11. The molecule has 0 radical (unpaired) electrons. The molecule has 0 fully saturated rings. The Morgan fingerprint density at radius 2 is 2.05 bits per heavy atom. The Morgan fingerprint density at radius 1 is 1.29 bits per heavy atom. The van der Waals surface area contributed by atoms with Crippen LogP contribution in [0.4, 0.5) is 11.4 Å². The molecule has 0 bridgehead atoms. The fraction of sp³-hybridized carbons (Fsp3) is 0. The Kier molecular flexibility index (Phi) is 3.81.